The summed E-state index contributed by atoms with van der Waals surface area (Å²) in [4.78, 5) is 10.8. The van der Waals surface area contributed by atoms with Crippen molar-refractivity contribution in [1.29, 1.82) is 0 Å². The molecule has 1 aromatic rings. The van der Waals surface area contributed by atoms with E-state index in [-0.39, 0.29) is 18.1 Å². The van der Waals surface area contributed by atoms with Crippen LogP contribution in [-0.4, -0.2) is 20.5 Å². The van der Waals surface area contributed by atoms with Crippen LogP contribution in [0.4, 0.5) is 0 Å². The molecule has 1 aliphatic rings. The lowest BCUT2D eigenvalue weighted by Gasteiger charge is -2.04. The number of carbonyl (C=O) groups excluding carboxylic acids is 1. The SMILES string of the molecule is O=CCC1CS(=O)(=O)c2ccc(Br)cc21. The van der Waals surface area contributed by atoms with Crippen molar-refractivity contribution in [2.45, 2.75) is 17.2 Å². The minimum absolute atomic E-state index is 0.0531. The average molecular weight is 289 g/mol. The molecular weight excluding hydrogens is 280 g/mol. The highest BCUT2D eigenvalue weighted by Gasteiger charge is 2.34. The van der Waals surface area contributed by atoms with Gasteiger partial charge in [0.2, 0.25) is 0 Å². The smallest absolute Gasteiger partial charge is 0.179 e. The second-order valence-corrected chi connectivity index (χ2v) is 6.48. The fourth-order valence-electron chi connectivity index (χ4n) is 1.88. The maximum atomic E-state index is 11.7. The molecule has 0 aromatic heterocycles. The van der Waals surface area contributed by atoms with E-state index >= 15 is 0 Å². The summed E-state index contributed by atoms with van der Waals surface area (Å²) in [5, 5.41) is 0. The summed E-state index contributed by atoms with van der Waals surface area (Å²) < 4.78 is 24.3. The number of rotatable bonds is 2. The minimum Gasteiger partial charge on any atom is -0.303 e. The van der Waals surface area contributed by atoms with Gasteiger partial charge >= 0.3 is 0 Å². The Morgan fingerprint density at radius 2 is 2.20 bits per heavy atom. The second kappa shape index (κ2) is 3.72. The lowest BCUT2D eigenvalue weighted by atomic mass is 9.99. The molecule has 1 unspecified atom stereocenters. The van der Waals surface area contributed by atoms with E-state index in [2.05, 4.69) is 15.9 Å². The minimum atomic E-state index is -3.17. The van der Waals surface area contributed by atoms with Gasteiger partial charge in [-0.15, -0.1) is 0 Å². The highest BCUT2D eigenvalue weighted by Crippen LogP contribution is 2.37. The van der Waals surface area contributed by atoms with Crippen LogP contribution in [0.3, 0.4) is 0 Å². The van der Waals surface area contributed by atoms with E-state index in [0.29, 0.717) is 4.90 Å². The van der Waals surface area contributed by atoms with Gasteiger partial charge in [0.05, 0.1) is 10.6 Å². The first-order chi connectivity index (χ1) is 7.04. The molecule has 0 amide bonds. The fraction of sp³-hybridized carbons (Fsp3) is 0.300. The Bertz CT molecular complexity index is 507. The van der Waals surface area contributed by atoms with Gasteiger partial charge in [-0.25, -0.2) is 8.42 Å². The van der Waals surface area contributed by atoms with Gasteiger partial charge in [-0.3, -0.25) is 0 Å². The highest BCUT2D eigenvalue weighted by molar-refractivity contribution is 9.10. The summed E-state index contributed by atoms with van der Waals surface area (Å²) in [5.74, 6) is -0.127. The van der Waals surface area contributed by atoms with Crippen LogP contribution in [0.1, 0.15) is 17.9 Å². The number of aldehydes is 1. The van der Waals surface area contributed by atoms with Gasteiger partial charge in [0.25, 0.3) is 0 Å². The van der Waals surface area contributed by atoms with E-state index in [4.69, 9.17) is 0 Å². The zero-order chi connectivity index (χ0) is 11.1. The molecule has 1 atom stereocenters. The van der Waals surface area contributed by atoms with Crippen LogP contribution >= 0.6 is 15.9 Å². The largest absolute Gasteiger partial charge is 0.303 e. The summed E-state index contributed by atoms with van der Waals surface area (Å²) in [6, 6.07) is 5.09. The number of carbonyl (C=O) groups is 1. The van der Waals surface area contributed by atoms with E-state index < -0.39 is 9.84 Å². The van der Waals surface area contributed by atoms with Crippen LogP contribution in [0.15, 0.2) is 27.6 Å². The lowest BCUT2D eigenvalue weighted by Crippen LogP contribution is -2.03. The molecule has 0 aliphatic carbocycles. The molecule has 3 nitrogen and oxygen atoms in total. The molecular formula is C10H9BrO3S. The molecule has 0 saturated heterocycles. The van der Waals surface area contributed by atoms with Crippen LogP contribution < -0.4 is 0 Å². The van der Waals surface area contributed by atoms with E-state index in [1.165, 1.54) is 0 Å². The Labute approximate surface area is 96.5 Å². The van der Waals surface area contributed by atoms with Crippen LogP contribution in [0, 0.1) is 0 Å². The van der Waals surface area contributed by atoms with Gasteiger partial charge in [0, 0.05) is 16.8 Å². The Balaban J connectivity index is 2.58. The second-order valence-electron chi connectivity index (χ2n) is 3.56. The summed E-state index contributed by atoms with van der Waals surface area (Å²) >= 11 is 3.30. The van der Waals surface area contributed by atoms with Gasteiger partial charge in [-0.2, -0.15) is 0 Å². The molecule has 1 aromatic carbocycles. The van der Waals surface area contributed by atoms with Crippen LogP contribution in [0.2, 0.25) is 0 Å². The van der Waals surface area contributed by atoms with E-state index in [1.807, 2.05) is 0 Å². The van der Waals surface area contributed by atoms with Crippen molar-refractivity contribution in [2.24, 2.45) is 0 Å². The molecule has 0 fully saturated rings. The zero-order valence-electron chi connectivity index (χ0n) is 7.81. The highest BCUT2D eigenvalue weighted by atomic mass is 79.9. The van der Waals surface area contributed by atoms with Crippen LogP contribution in [-0.2, 0) is 14.6 Å². The third-order valence-electron chi connectivity index (χ3n) is 2.55. The molecule has 0 saturated carbocycles. The van der Waals surface area contributed by atoms with Gasteiger partial charge in [0.15, 0.2) is 9.84 Å². The number of halogens is 1. The summed E-state index contributed by atoms with van der Waals surface area (Å²) in [6.45, 7) is 0. The van der Waals surface area contributed by atoms with Crippen LogP contribution in [0.25, 0.3) is 0 Å². The molecule has 0 spiro atoms. The molecule has 0 N–H and O–H groups in total. The van der Waals surface area contributed by atoms with Gasteiger partial charge in [-0.05, 0) is 23.8 Å². The lowest BCUT2D eigenvalue weighted by molar-refractivity contribution is -0.108. The molecule has 0 radical (unpaired) electrons. The van der Waals surface area contributed by atoms with Crippen molar-refractivity contribution in [3.8, 4) is 0 Å². The summed E-state index contributed by atoms with van der Waals surface area (Å²) in [5.41, 5.74) is 0.761. The Morgan fingerprint density at radius 3 is 2.87 bits per heavy atom. The molecule has 80 valence electrons. The summed E-state index contributed by atoms with van der Waals surface area (Å²) in [6.07, 6.45) is 1.04. The van der Waals surface area contributed by atoms with Crippen LogP contribution in [0.5, 0.6) is 0 Å². The fourth-order valence-corrected chi connectivity index (χ4v) is 4.14. The molecule has 5 heteroatoms. The zero-order valence-corrected chi connectivity index (χ0v) is 10.2. The first kappa shape index (κ1) is 10.8. The van der Waals surface area contributed by atoms with Crippen molar-refractivity contribution in [3.63, 3.8) is 0 Å². The maximum Gasteiger partial charge on any atom is 0.179 e. The molecule has 1 heterocycles. The predicted octanol–water partition coefficient (Wildman–Crippen LogP) is 1.91. The van der Waals surface area contributed by atoms with Crippen molar-refractivity contribution in [1.82, 2.24) is 0 Å². The normalized spacial score (nSPS) is 22.3. The van der Waals surface area contributed by atoms with Crippen molar-refractivity contribution in [3.05, 3.63) is 28.2 Å². The van der Waals surface area contributed by atoms with Gasteiger partial charge in [0.1, 0.15) is 6.29 Å². The number of hydrogen-bond donors (Lipinski definition) is 0. The van der Waals surface area contributed by atoms with E-state index in [0.717, 1.165) is 16.3 Å². The summed E-state index contributed by atoms with van der Waals surface area (Å²) in [7, 11) is -3.17. The molecule has 2 rings (SSSR count). The number of fused-ring (bicyclic) bond motifs is 1. The average Bonchev–Trinajstić information content (AvgIpc) is 2.39. The first-order valence-electron chi connectivity index (χ1n) is 4.50. The predicted molar refractivity (Wildman–Crippen MR) is 59.6 cm³/mol. The standard InChI is InChI=1S/C10H9BrO3S/c11-8-1-2-10-9(5-8)7(3-4-12)6-15(10,13)14/h1-2,4-5,7H,3,6H2. The topological polar surface area (TPSA) is 51.2 Å². The van der Waals surface area contributed by atoms with Crippen molar-refractivity contribution >= 4 is 32.1 Å². The Hall–Kier alpha value is -0.680. The first-order valence-corrected chi connectivity index (χ1v) is 6.95. The number of benzene rings is 1. The van der Waals surface area contributed by atoms with E-state index in [9.17, 15) is 13.2 Å². The Kier molecular flexibility index (Phi) is 2.68. The maximum absolute atomic E-state index is 11.7. The third-order valence-corrected chi connectivity index (χ3v) is 4.92. The molecule has 15 heavy (non-hydrogen) atoms. The van der Waals surface area contributed by atoms with Crippen molar-refractivity contribution < 1.29 is 13.2 Å². The molecule has 0 bridgehead atoms. The van der Waals surface area contributed by atoms with Gasteiger partial charge < -0.3 is 4.79 Å². The molecule has 1 aliphatic heterocycles. The third kappa shape index (κ3) is 1.86. The number of sulfone groups is 1. The quantitative estimate of drug-likeness (QED) is 0.781. The van der Waals surface area contributed by atoms with Crippen molar-refractivity contribution in [2.75, 3.05) is 5.75 Å². The number of hydrogen-bond acceptors (Lipinski definition) is 3. The monoisotopic (exact) mass is 288 g/mol. The van der Waals surface area contributed by atoms with E-state index in [1.54, 1.807) is 18.2 Å². The Morgan fingerprint density at radius 1 is 1.47 bits per heavy atom. The van der Waals surface area contributed by atoms with Gasteiger partial charge in [-0.1, -0.05) is 15.9 Å².